The number of halogens is 1. The average molecular weight is 280 g/mol. The van der Waals surface area contributed by atoms with Gasteiger partial charge in [0.15, 0.2) is 18.2 Å². The molecule has 7 heteroatoms. The van der Waals surface area contributed by atoms with Gasteiger partial charge in [-0.15, -0.1) is 0 Å². The van der Waals surface area contributed by atoms with E-state index in [1.54, 1.807) is 0 Å². The van der Waals surface area contributed by atoms with Crippen molar-refractivity contribution in [3.8, 4) is 11.5 Å². The molecule has 0 radical (unpaired) electrons. The fourth-order valence-corrected chi connectivity index (χ4v) is 2.22. The highest BCUT2D eigenvalue weighted by Crippen LogP contribution is 2.34. The Kier molecular flexibility index (Phi) is 3.17. The summed E-state index contributed by atoms with van der Waals surface area (Å²) in [6, 6.07) is 2.36. The van der Waals surface area contributed by atoms with E-state index in [1.807, 2.05) is 0 Å². The van der Waals surface area contributed by atoms with Gasteiger partial charge in [0.05, 0.1) is 5.69 Å². The summed E-state index contributed by atoms with van der Waals surface area (Å²) in [5, 5.41) is 2.53. The van der Waals surface area contributed by atoms with Crippen LogP contribution in [0, 0.1) is 5.82 Å². The lowest BCUT2D eigenvalue weighted by Crippen LogP contribution is -2.31. The van der Waals surface area contributed by atoms with E-state index in [1.165, 1.54) is 11.0 Å². The van der Waals surface area contributed by atoms with Crippen LogP contribution in [0.25, 0.3) is 0 Å². The Balaban J connectivity index is 1.80. The van der Waals surface area contributed by atoms with E-state index in [-0.39, 0.29) is 24.0 Å². The number of ether oxygens (including phenoxy) is 2. The van der Waals surface area contributed by atoms with E-state index < -0.39 is 11.9 Å². The molecule has 1 fully saturated rings. The van der Waals surface area contributed by atoms with Crippen LogP contribution in [0.1, 0.15) is 12.8 Å². The molecule has 20 heavy (non-hydrogen) atoms. The SMILES string of the molecule is O=C1COc2cc(F)c(OC(=O)N3CCCC3)cc2N1. The smallest absolute Gasteiger partial charge is 0.415 e. The van der Waals surface area contributed by atoms with Crippen LogP contribution < -0.4 is 14.8 Å². The molecule has 0 aromatic heterocycles. The molecule has 2 heterocycles. The monoisotopic (exact) mass is 280 g/mol. The topological polar surface area (TPSA) is 67.9 Å². The van der Waals surface area contributed by atoms with Gasteiger partial charge in [-0.3, -0.25) is 4.79 Å². The van der Waals surface area contributed by atoms with Crippen molar-refractivity contribution in [3.05, 3.63) is 17.9 Å². The van der Waals surface area contributed by atoms with E-state index >= 15 is 0 Å². The highest BCUT2D eigenvalue weighted by Gasteiger charge is 2.24. The highest BCUT2D eigenvalue weighted by molar-refractivity contribution is 5.95. The van der Waals surface area contributed by atoms with E-state index in [0.29, 0.717) is 18.8 Å². The maximum atomic E-state index is 13.8. The molecular formula is C13H13FN2O4. The van der Waals surface area contributed by atoms with Crippen molar-refractivity contribution in [2.75, 3.05) is 25.0 Å². The number of carbonyl (C=O) groups is 2. The molecule has 1 N–H and O–H groups in total. The summed E-state index contributed by atoms with van der Waals surface area (Å²) in [6.07, 6.45) is 1.27. The first-order valence-corrected chi connectivity index (χ1v) is 6.36. The van der Waals surface area contributed by atoms with Crippen LogP contribution in [0.5, 0.6) is 11.5 Å². The molecule has 0 unspecified atom stereocenters. The second-order valence-corrected chi connectivity index (χ2v) is 4.68. The molecule has 3 rings (SSSR count). The maximum absolute atomic E-state index is 13.8. The van der Waals surface area contributed by atoms with Crippen molar-refractivity contribution in [2.24, 2.45) is 0 Å². The van der Waals surface area contributed by atoms with Gasteiger partial charge in [0, 0.05) is 25.2 Å². The van der Waals surface area contributed by atoms with Crippen LogP contribution in [-0.4, -0.2) is 36.6 Å². The summed E-state index contributed by atoms with van der Waals surface area (Å²) < 4.78 is 23.9. The van der Waals surface area contributed by atoms with Crippen molar-refractivity contribution >= 4 is 17.7 Å². The first kappa shape index (κ1) is 12.7. The van der Waals surface area contributed by atoms with Gasteiger partial charge in [-0.05, 0) is 12.8 Å². The van der Waals surface area contributed by atoms with Crippen molar-refractivity contribution < 1.29 is 23.5 Å². The van der Waals surface area contributed by atoms with Crippen molar-refractivity contribution in [1.29, 1.82) is 0 Å². The second kappa shape index (κ2) is 4.99. The lowest BCUT2D eigenvalue weighted by molar-refractivity contribution is -0.118. The number of amides is 2. The molecule has 0 aliphatic carbocycles. The Morgan fingerprint density at radius 1 is 1.35 bits per heavy atom. The minimum Gasteiger partial charge on any atom is -0.481 e. The molecule has 0 saturated carbocycles. The fourth-order valence-electron chi connectivity index (χ4n) is 2.22. The van der Waals surface area contributed by atoms with Crippen LogP contribution in [0.2, 0.25) is 0 Å². The molecule has 0 atom stereocenters. The van der Waals surface area contributed by atoms with Gasteiger partial charge in [-0.2, -0.15) is 0 Å². The summed E-state index contributed by atoms with van der Waals surface area (Å²) in [7, 11) is 0. The van der Waals surface area contributed by atoms with Gasteiger partial charge < -0.3 is 19.7 Å². The molecule has 2 aliphatic heterocycles. The number of likely N-dealkylation sites (tertiary alicyclic amines) is 1. The Morgan fingerprint density at radius 3 is 2.85 bits per heavy atom. The minimum atomic E-state index is -0.701. The van der Waals surface area contributed by atoms with Gasteiger partial charge in [0.25, 0.3) is 5.91 Å². The summed E-state index contributed by atoms with van der Waals surface area (Å²) in [5.41, 5.74) is 0.298. The standard InChI is InChI=1S/C13H13FN2O4/c14-8-5-11-9(15-12(17)7-19-11)6-10(8)20-13(18)16-3-1-2-4-16/h5-6H,1-4,7H2,(H,15,17). The minimum absolute atomic E-state index is 0.153. The molecule has 1 aromatic rings. The number of hydrogen-bond acceptors (Lipinski definition) is 4. The zero-order valence-electron chi connectivity index (χ0n) is 10.6. The van der Waals surface area contributed by atoms with Gasteiger partial charge >= 0.3 is 6.09 Å². The Labute approximate surface area is 114 Å². The second-order valence-electron chi connectivity index (χ2n) is 4.68. The van der Waals surface area contributed by atoms with E-state index in [9.17, 15) is 14.0 Å². The molecular weight excluding hydrogens is 267 g/mol. The first-order valence-electron chi connectivity index (χ1n) is 6.36. The van der Waals surface area contributed by atoms with E-state index in [2.05, 4.69) is 5.32 Å². The largest absolute Gasteiger partial charge is 0.481 e. The van der Waals surface area contributed by atoms with Crippen LogP contribution in [-0.2, 0) is 4.79 Å². The first-order chi connectivity index (χ1) is 9.63. The normalized spacial score (nSPS) is 17.2. The molecule has 2 amide bonds. The number of benzene rings is 1. The maximum Gasteiger partial charge on any atom is 0.415 e. The number of carbonyl (C=O) groups excluding carboxylic acids is 2. The van der Waals surface area contributed by atoms with Crippen LogP contribution in [0.4, 0.5) is 14.9 Å². The summed E-state index contributed by atoms with van der Waals surface area (Å²) in [5.74, 6) is -1.03. The zero-order chi connectivity index (χ0) is 14.1. The lowest BCUT2D eigenvalue weighted by atomic mass is 10.2. The predicted octanol–water partition coefficient (Wildman–Crippen LogP) is 1.75. The molecule has 0 spiro atoms. The number of fused-ring (bicyclic) bond motifs is 1. The van der Waals surface area contributed by atoms with Crippen LogP contribution in [0.3, 0.4) is 0 Å². The quantitative estimate of drug-likeness (QED) is 0.851. The predicted molar refractivity (Wildman–Crippen MR) is 67.4 cm³/mol. The molecule has 2 aliphatic rings. The number of hydrogen-bond donors (Lipinski definition) is 1. The van der Waals surface area contributed by atoms with Crippen molar-refractivity contribution in [2.45, 2.75) is 12.8 Å². The third-order valence-corrected chi connectivity index (χ3v) is 3.23. The number of nitrogens with one attached hydrogen (secondary N) is 1. The highest BCUT2D eigenvalue weighted by atomic mass is 19.1. The molecule has 6 nitrogen and oxygen atoms in total. The zero-order valence-corrected chi connectivity index (χ0v) is 10.6. The summed E-state index contributed by atoms with van der Waals surface area (Å²) >= 11 is 0. The van der Waals surface area contributed by atoms with Crippen LogP contribution in [0.15, 0.2) is 12.1 Å². The Bertz CT molecular complexity index is 570. The third kappa shape index (κ3) is 2.38. The summed E-state index contributed by atoms with van der Waals surface area (Å²) in [6.45, 7) is 1.08. The van der Waals surface area contributed by atoms with E-state index in [0.717, 1.165) is 18.9 Å². The summed E-state index contributed by atoms with van der Waals surface area (Å²) in [4.78, 5) is 24.5. The molecule has 1 aromatic carbocycles. The Morgan fingerprint density at radius 2 is 2.10 bits per heavy atom. The van der Waals surface area contributed by atoms with Crippen LogP contribution >= 0.6 is 0 Å². The molecule has 106 valence electrons. The van der Waals surface area contributed by atoms with E-state index in [4.69, 9.17) is 9.47 Å². The molecule has 0 bridgehead atoms. The van der Waals surface area contributed by atoms with Crippen molar-refractivity contribution in [3.63, 3.8) is 0 Å². The van der Waals surface area contributed by atoms with Crippen molar-refractivity contribution in [1.82, 2.24) is 4.90 Å². The van der Waals surface area contributed by atoms with Gasteiger partial charge in [-0.25, -0.2) is 9.18 Å². The average Bonchev–Trinajstić information content (AvgIpc) is 2.94. The third-order valence-electron chi connectivity index (χ3n) is 3.23. The number of rotatable bonds is 1. The van der Waals surface area contributed by atoms with Gasteiger partial charge in [0.1, 0.15) is 5.75 Å². The Hall–Kier alpha value is -2.31. The van der Waals surface area contributed by atoms with Gasteiger partial charge in [0.2, 0.25) is 0 Å². The fraction of sp³-hybridized carbons (Fsp3) is 0.385. The van der Waals surface area contributed by atoms with Gasteiger partial charge in [-0.1, -0.05) is 0 Å². The molecule has 1 saturated heterocycles. The number of nitrogens with zero attached hydrogens (tertiary/aromatic N) is 1. The number of anilines is 1. The lowest BCUT2D eigenvalue weighted by Gasteiger charge is -2.20.